The third-order valence-corrected chi connectivity index (χ3v) is 7.95. The molecule has 0 atom stereocenters. The number of hydrogen-bond acceptors (Lipinski definition) is 4. The van der Waals surface area contributed by atoms with Crippen LogP contribution in [0.3, 0.4) is 0 Å². The van der Waals surface area contributed by atoms with E-state index in [0.29, 0.717) is 11.7 Å². The fourth-order valence-corrected chi connectivity index (χ4v) is 5.59. The van der Waals surface area contributed by atoms with Crippen LogP contribution in [-0.2, 0) is 0 Å². The van der Waals surface area contributed by atoms with Crippen molar-refractivity contribution in [2.75, 3.05) is 0 Å². The molecule has 0 bridgehead atoms. The average molecular weight is 578 g/mol. The van der Waals surface area contributed by atoms with E-state index in [1.54, 1.807) is 0 Å². The lowest BCUT2D eigenvalue weighted by atomic mass is 10.0. The van der Waals surface area contributed by atoms with Gasteiger partial charge in [-0.25, -0.2) is 15.0 Å². The van der Waals surface area contributed by atoms with E-state index in [-0.39, 0.29) is 0 Å². The number of hydrogen-bond donors (Lipinski definition) is 0. The second-order valence-corrected chi connectivity index (χ2v) is 10.9. The molecule has 212 valence electrons. The molecular weight excluding hydrogens is 550 g/mol. The monoisotopic (exact) mass is 577 g/mol. The summed E-state index contributed by atoms with van der Waals surface area (Å²) in [6, 6.07) is 55.8. The van der Waals surface area contributed by atoms with Crippen molar-refractivity contribution in [1.29, 1.82) is 0 Å². The van der Waals surface area contributed by atoms with Gasteiger partial charge >= 0.3 is 0 Å². The highest BCUT2D eigenvalue weighted by Crippen LogP contribution is 2.33. The van der Waals surface area contributed by atoms with Gasteiger partial charge in [0.1, 0.15) is 5.52 Å². The van der Waals surface area contributed by atoms with Crippen molar-refractivity contribution >= 4 is 11.1 Å². The van der Waals surface area contributed by atoms with Crippen LogP contribution in [-0.4, -0.2) is 15.0 Å². The third kappa shape index (κ3) is 5.41. The maximum Gasteiger partial charge on any atom is 0.227 e. The summed E-state index contributed by atoms with van der Waals surface area (Å²) in [6.45, 7) is 0. The summed E-state index contributed by atoms with van der Waals surface area (Å²) in [7, 11) is 0. The number of nitrogens with zero attached hydrogens (tertiary/aromatic N) is 3. The molecular formula is C41H27N3O. The van der Waals surface area contributed by atoms with Crippen LogP contribution < -0.4 is 0 Å². The average Bonchev–Trinajstić information content (AvgIpc) is 3.57. The molecule has 0 saturated heterocycles. The Bertz CT molecular complexity index is 2240. The Morgan fingerprint density at radius 3 is 1.51 bits per heavy atom. The molecule has 4 nitrogen and oxygen atoms in total. The van der Waals surface area contributed by atoms with E-state index in [1.165, 1.54) is 11.1 Å². The number of benzene rings is 6. The van der Waals surface area contributed by atoms with Crippen LogP contribution in [0.4, 0.5) is 0 Å². The van der Waals surface area contributed by atoms with E-state index in [2.05, 4.69) is 103 Å². The molecule has 6 aromatic carbocycles. The van der Waals surface area contributed by atoms with Crippen LogP contribution in [0.5, 0.6) is 0 Å². The maximum absolute atomic E-state index is 6.16. The summed E-state index contributed by atoms with van der Waals surface area (Å²) in [6.07, 6.45) is 0. The molecule has 0 spiro atoms. The van der Waals surface area contributed by atoms with Gasteiger partial charge in [0.2, 0.25) is 5.89 Å². The zero-order chi connectivity index (χ0) is 30.0. The predicted molar refractivity (Wildman–Crippen MR) is 182 cm³/mol. The highest BCUT2D eigenvalue weighted by molar-refractivity contribution is 5.83. The van der Waals surface area contributed by atoms with Gasteiger partial charge in [-0.05, 0) is 58.7 Å². The van der Waals surface area contributed by atoms with Crippen molar-refractivity contribution in [1.82, 2.24) is 15.0 Å². The topological polar surface area (TPSA) is 51.8 Å². The van der Waals surface area contributed by atoms with Crippen LogP contribution in [0.1, 0.15) is 0 Å². The fraction of sp³-hybridized carbons (Fsp3) is 0. The van der Waals surface area contributed by atoms with Crippen LogP contribution in [0, 0.1) is 0 Å². The van der Waals surface area contributed by atoms with Crippen molar-refractivity contribution in [3.05, 3.63) is 164 Å². The van der Waals surface area contributed by atoms with Crippen LogP contribution in [0.15, 0.2) is 168 Å². The minimum atomic E-state index is 0.618. The molecule has 8 aromatic rings. The first-order valence-electron chi connectivity index (χ1n) is 14.9. The van der Waals surface area contributed by atoms with E-state index in [0.717, 1.165) is 55.9 Å². The molecule has 0 aliphatic carbocycles. The lowest BCUT2D eigenvalue weighted by molar-refractivity contribution is 0.620. The summed E-state index contributed by atoms with van der Waals surface area (Å²) < 4.78 is 6.16. The van der Waals surface area contributed by atoms with Crippen LogP contribution in [0.25, 0.3) is 78.7 Å². The van der Waals surface area contributed by atoms with E-state index in [9.17, 15) is 0 Å². The normalized spacial score (nSPS) is 11.1. The standard InChI is InChI=1S/C41H27N3O/c1-4-11-28(12-5-1)29-19-21-31(22-20-29)38-27-37(30-13-6-2-7-14-30)42-40(43-38)35-18-10-17-33(25-35)34-23-24-36-39(26-34)45-41(44-36)32-15-8-3-9-16-32/h1-27H. The summed E-state index contributed by atoms with van der Waals surface area (Å²) in [5.74, 6) is 1.29. The SMILES string of the molecule is c1ccc(-c2ccc(-c3cc(-c4ccccc4)nc(-c4cccc(-c5ccc6nc(-c7ccccc7)oc6c5)c4)n3)cc2)cc1. The van der Waals surface area contributed by atoms with Crippen molar-refractivity contribution in [2.45, 2.75) is 0 Å². The molecule has 2 heterocycles. The lowest BCUT2D eigenvalue weighted by Gasteiger charge is -2.11. The molecule has 2 aromatic heterocycles. The van der Waals surface area contributed by atoms with Crippen molar-refractivity contribution in [3.8, 4) is 67.6 Å². The molecule has 0 aliphatic rings. The van der Waals surface area contributed by atoms with Crippen LogP contribution >= 0.6 is 0 Å². The van der Waals surface area contributed by atoms with Gasteiger partial charge in [-0.1, -0.05) is 127 Å². The molecule has 0 saturated carbocycles. The van der Waals surface area contributed by atoms with E-state index >= 15 is 0 Å². The van der Waals surface area contributed by atoms with E-state index in [4.69, 9.17) is 19.4 Å². The fourth-order valence-electron chi connectivity index (χ4n) is 5.59. The zero-order valence-corrected chi connectivity index (χ0v) is 24.3. The first-order valence-corrected chi connectivity index (χ1v) is 14.9. The number of fused-ring (bicyclic) bond motifs is 1. The number of oxazole rings is 1. The zero-order valence-electron chi connectivity index (χ0n) is 24.3. The summed E-state index contributed by atoms with van der Waals surface area (Å²) in [4.78, 5) is 14.8. The van der Waals surface area contributed by atoms with Gasteiger partial charge in [0, 0.05) is 22.3 Å². The van der Waals surface area contributed by atoms with Gasteiger partial charge in [-0.15, -0.1) is 0 Å². The molecule has 0 fully saturated rings. The minimum absolute atomic E-state index is 0.618. The number of rotatable bonds is 6. The Morgan fingerprint density at radius 2 is 0.822 bits per heavy atom. The van der Waals surface area contributed by atoms with Gasteiger partial charge in [-0.2, -0.15) is 0 Å². The highest BCUT2D eigenvalue weighted by Gasteiger charge is 2.13. The Hall–Kier alpha value is -6.13. The molecule has 8 rings (SSSR count). The molecule has 0 radical (unpaired) electrons. The molecule has 0 aliphatic heterocycles. The first-order chi connectivity index (χ1) is 22.3. The third-order valence-electron chi connectivity index (χ3n) is 7.95. The van der Waals surface area contributed by atoms with Crippen LogP contribution in [0.2, 0.25) is 0 Å². The Balaban J connectivity index is 1.18. The Kier molecular flexibility index (Phi) is 6.78. The van der Waals surface area contributed by atoms with Gasteiger partial charge in [-0.3, -0.25) is 0 Å². The molecule has 0 amide bonds. The summed E-state index contributed by atoms with van der Waals surface area (Å²) in [5, 5.41) is 0. The van der Waals surface area contributed by atoms with Crippen molar-refractivity contribution in [3.63, 3.8) is 0 Å². The van der Waals surface area contributed by atoms with E-state index < -0.39 is 0 Å². The van der Waals surface area contributed by atoms with Gasteiger partial charge in [0.15, 0.2) is 11.4 Å². The second kappa shape index (κ2) is 11.5. The van der Waals surface area contributed by atoms with Gasteiger partial charge in [0.25, 0.3) is 0 Å². The van der Waals surface area contributed by atoms with Crippen molar-refractivity contribution < 1.29 is 4.42 Å². The van der Waals surface area contributed by atoms with Gasteiger partial charge in [0.05, 0.1) is 11.4 Å². The van der Waals surface area contributed by atoms with E-state index in [1.807, 2.05) is 60.7 Å². The summed E-state index contributed by atoms with van der Waals surface area (Å²) >= 11 is 0. The molecule has 0 unspecified atom stereocenters. The second-order valence-electron chi connectivity index (χ2n) is 10.9. The largest absolute Gasteiger partial charge is 0.436 e. The predicted octanol–water partition coefficient (Wildman–Crippen LogP) is 10.6. The van der Waals surface area contributed by atoms with Crippen molar-refractivity contribution in [2.24, 2.45) is 0 Å². The first kappa shape index (κ1) is 26.5. The van der Waals surface area contributed by atoms with Gasteiger partial charge < -0.3 is 4.42 Å². The minimum Gasteiger partial charge on any atom is -0.436 e. The maximum atomic E-state index is 6.16. The number of aromatic nitrogens is 3. The molecule has 0 N–H and O–H groups in total. The quantitative estimate of drug-likeness (QED) is 0.197. The highest BCUT2D eigenvalue weighted by atomic mass is 16.3. The Labute approximate surface area is 261 Å². The molecule has 45 heavy (non-hydrogen) atoms. The summed E-state index contributed by atoms with van der Waals surface area (Å²) in [5.41, 5.74) is 11.8. The smallest absolute Gasteiger partial charge is 0.227 e. The Morgan fingerprint density at radius 1 is 0.333 bits per heavy atom. The molecule has 4 heteroatoms. The lowest BCUT2D eigenvalue weighted by Crippen LogP contribution is -1.96.